The molecule has 31 heavy (non-hydrogen) atoms. The number of thiazole rings is 1. The van der Waals surface area contributed by atoms with E-state index in [1.54, 1.807) is 0 Å². The van der Waals surface area contributed by atoms with Crippen LogP contribution in [0, 0.1) is 12.8 Å². The van der Waals surface area contributed by atoms with Crippen LogP contribution in [0.5, 0.6) is 5.75 Å². The zero-order chi connectivity index (χ0) is 21.8. The van der Waals surface area contributed by atoms with E-state index in [1.165, 1.54) is 11.3 Å². The number of carbonyl (C=O) groups is 2. The summed E-state index contributed by atoms with van der Waals surface area (Å²) >= 11 is 1.45. The molecule has 2 amide bonds. The standard InChI is InChI=1S/C24H25N3O3S/c1-3-30-19-11-8-16(9-12-19)22-15(2)31-24(27-22)26-21(28)13-10-18-14-17-6-4-5-7-20(17)25-23(18)29/h4-9,11-12,18H,3,10,13-14H2,1-2H3,(H,25,29)(H,26,27,28). The summed E-state index contributed by atoms with van der Waals surface area (Å²) in [5, 5.41) is 6.40. The molecule has 1 aliphatic heterocycles. The first-order valence-electron chi connectivity index (χ1n) is 10.4. The second-order valence-corrected chi connectivity index (χ2v) is 8.72. The van der Waals surface area contributed by atoms with Gasteiger partial charge in [-0.15, -0.1) is 11.3 Å². The number of fused-ring (bicyclic) bond motifs is 1. The van der Waals surface area contributed by atoms with Crippen LogP contribution in [0.4, 0.5) is 10.8 Å². The van der Waals surface area contributed by atoms with Crippen LogP contribution < -0.4 is 15.4 Å². The van der Waals surface area contributed by atoms with E-state index in [4.69, 9.17) is 4.74 Å². The minimum Gasteiger partial charge on any atom is -0.494 e. The van der Waals surface area contributed by atoms with Crippen molar-refractivity contribution < 1.29 is 14.3 Å². The van der Waals surface area contributed by atoms with Gasteiger partial charge in [-0.3, -0.25) is 9.59 Å². The second kappa shape index (κ2) is 9.31. The number of amides is 2. The van der Waals surface area contributed by atoms with Gasteiger partial charge in [0.15, 0.2) is 5.13 Å². The zero-order valence-corrected chi connectivity index (χ0v) is 18.4. The van der Waals surface area contributed by atoms with Crippen molar-refractivity contribution in [2.75, 3.05) is 17.2 Å². The van der Waals surface area contributed by atoms with Crippen molar-refractivity contribution in [3.63, 3.8) is 0 Å². The Morgan fingerprint density at radius 3 is 2.77 bits per heavy atom. The third kappa shape index (κ3) is 4.94. The predicted molar refractivity (Wildman–Crippen MR) is 124 cm³/mol. The topological polar surface area (TPSA) is 80.3 Å². The van der Waals surface area contributed by atoms with Gasteiger partial charge in [-0.1, -0.05) is 18.2 Å². The van der Waals surface area contributed by atoms with E-state index in [0.29, 0.717) is 24.6 Å². The summed E-state index contributed by atoms with van der Waals surface area (Å²) in [6, 6.07) is 15.6. The highest BCUT2D eigenvalue weighted by atomic mass is 32.1. The third-order valence-corrected chi connectivity index (χ3v) is 6.20. The van der Waals surface area contributed by atoms with Gasteiger partial charge >= 0.3 is 0 Å². The highest BCUT2D eigenvalue weighted by Crippen LogP contribution is 2.32. The maximum Gasteiger partial charge on any atom is 0.227 e. The molecule has 1 unspecified atom stereocenters. The first kappa shape index (κ1) is 21.1. The SMILES string of the molecule is CCOc1ccc(-c2nc(NC(=O)CCC3Cc4ccccc4NC3=O)sc2C)cc1. The van der Waals surface area contributed by atoms with Gasteiger partial charge < -0.3 is 15.4 Å². The van der Waals surface area contributed by atoms with Crippen molar-refractivity contribution in [2.45, 2.75) is 33.1 Å². The van der Waals surface area contributed by atoms with Crippen LogP contribution in [-0.2, 0) is 16.0 Å². The molecule has 4 rings (SSSR count). The molecule has 0 radical (unpaired) electrons. The van der Waals surface area contributed by atoms with E-state index < -0.39 is 0 Å². The summed E-state index contributed by atoms with van der Waals surface area (Å²) in [7, 11) is 0. The molecule has 6 nitrogen and oxygen atoms in total. The number of hydrogen-bond donors (Lipinski definition) is 2. The van der Waals surface area contributed by atoms with Gasteiger partial charge in [0, 0.05) is 28.5 Å². The van der Waals surface area contributed by atoms with E-state index in [2.05, 4.69) is 15.6 Å². The molecule has 160 valence electrons. The van der Waals surface area contributed by atoms with Gasteiger partial charge in [0.25, 0.3) is 0 Å². The molecule has 0 aliphatic carbocycles. The van der Waals surface area contributed by atoms with Crippen LogP contribution in [0.2, 0.25) is 0 Å². The lowest BCUT2D eigenvalue weighted by Gasteiger charge is -2.24. The third-order valence-electron chi connectivity index (χ3n) is 5.31. The van der Waals surface area contributed by atoms with Gasteiger partial charge in [0.2, 0.25) is 11.8 Å². The fourth-order valence-corrected chi connectivity index (χ4v) is 4.58. The zero-order valence-electron chi connectivity index (χ0n) is 17.6. The molecule has 2 heterocycles. The first-order chi connectivity index (χ1) is 15.0. The average Bonchev–Trinajstić information content (AvgIpc) is 3.12. The molecule has 0 spiro atoms. The van der Waals surface area contributed by atoms with Gasteiger partial charge in [-0.2, -0.15) is 0 Å². The largest absolute Gasteiger partial charge is 0.494 e. The minimum atomic E-state index is -0.196. The lowest BCUT2D eigenvalue weighted by Crippen LogP contribution is -2.30. The summed E-state index contributed by atoms with van der Waals surface area (Å²) in [6.45, 7) is 4.57. The van der Waals surface area contributed by atoms with Gasteiger partial charge in [-0.25, -0.2) is 4.98 Å². The van der Waals surface area contributed by atoms with Crippen LogP contribution in [-0.4, -0.2) is 23.4 Å². The van der Waals surface area contributed by atoms with Crippen LogP contribution in [0.25, 0.3) is 11.3 Å². The Morgan fingerprint density at radius 1 is 1.23 bits per heavy atom. The molecule has 2 N–H and O–H groups in total. The van der Waals surface area contributed by atoms with Gasteiger partial charge in [0.05, 0.1) is 12.3 Å². The molecular weight excluding hydrogens is 410 g/mol. The van der Waals surface area contributed by atoms with Crippen LogP contribution >= 0.6 is 11.3 Å². The molecule has 7 heteroatoms. The maximum absolute atomic E-state index is 12.5. The fourth-order valence-electron chi connectivity index (χ4n) is 3.73. The number of aryl methyl sites for hydroxylation is 1. The highest BCUT2D eigenvalue weighted by molar-refractivity contribution is 7.16. The molecule has 0 bridgehead atoms. The Labute approximate surface area is 185 Å². The molecule has 0 saturated heterocycles. The Kier molecular flexibility index (Phi) is 6.32. The lowest BCUT2D eigenvalue weighted by molar-refractivity contribution is -0.121. The van der Waals surface area contributed by atoms with Gasteiger partial charge in [0.1, 0.15) is 5.75 Å². The second-order valence-electron chi connectivity index (χ2n) is 7.52. The van der Waals surface area contributed by atoms with Crippen molar-refractivity contribution in [2.24, 2.45) is 5.92 Å². The van der Waals surface area contributed by atoms with Crippen molar-refractivity contribution in [1.29, 1.82) is 0 Å². The summed E-state index contributed by atoms with van der Waals surface area (Å²) < 4.78 is 5.49. The molecule has 3 aromatic rings. The highest BCUT2D eigenvalue weighted by Gasteiger charge is 2.26. The lowest BCUT2D eigenvalue weighted by atomic mass is 9.89. The Hall–Kier alpha value is -3.19. The average molecular weight is 436 g/mol. The molecule has 1 aliphatic rings. The number of hydrogen-bond acceptors (Lipinski definition) is 5. The van der Waals surface area contributed by atoms with E-state index in [1.807, 2.05) is 62.4 Å². The van der Waals surface area contributed by atoms with E-state index in [9.17, 15) is 9.59 Å². The number of nitrogens with one attached hydrogen (secondary N) is 2. The number of ether oxygens (including phenoxy) is 1. The van der Waals surface area contributed by atoms with Crippen molar-refractivity contribution in [3.8, 4) is 17.0 Å². The summed E-state index contributed by atoms with van der Waals surface area (Å²) in [4.78, 5) is 30.5. The molecule has 0 fully saturated rings. The van der Waals surface area contributed by atoms with Crippen LogP contribution in [0.3, 0.4) is 0 Å². The summed E-state index contributed by atoms with van der Waals surface area (Å²) in [6.07, 6.45) is 1.44. The Bertz CT molecular complexity index is 1090. The number of para-hydroxylation sites is 1. The van der Waals surface area contributed by atoms with Gasteiger partial charge in [-0.05, 0) is 62.6 Å². The first-order valence-corrected chi connectivity index (χ1v) is 11.2. The van der Waals surface area contributed by atoms with Crippen LogP contribution in [0.15, 0.2) is 48.5 Å². The normalized spacial score (nSPS) is 15.2. The van der Waals surface area contributed by atoms with Crippen molar-refractivity contribution >= 4 is 34.0 Å². The number of benzene rings is 2. The van der Waals surface area contributed by atoms with E-state index >= 15 is 0 Å². The number of nitrogens with zero attached hydrogens (tertiary/aromatic N) is 1. The maximum atomic E-state index is 12.5. The number of rotatable bonds is 7. The van der Waals surface area contributed by atoms with Crippen LogP contribution in [0.1, 0.15) is 30.2 Å². The number of carbonyl (C=O) groups excluding carboxylic acids is 2. The predicted octanol–water partition coefficient (Wildman–Crippen LogP) is 5.05. The monoisotopic (exact) mass is 435 g/mol. The molecular formula is C24H25N3O3S. The molecule has 0 saturated carbocycles. The summed E-state index contributed by atoms with van der Waals surface area (Å²) in [5.74, 6) is 0.480. The van der Waals surface area contributed by atoms with E-state index in [-0.39, 0.29) is 24.2 Å². The summed E-state index contributed by atoms with van der Waals surface area (Å²) in [5.41, 5.74) is 3.82. The number of anilines is 2. The molecule has 1 atom stereocenters. The molecule has 2 aromatic carbocycles. The minimum absolute atomic E-state index is 0.0191. The quantitative estimate of drug-likeness (QED) is 0.544. The van der Waals surface area contributed by atoms with Crippen molar-refractivity contribution in [3.05, 3.63) is 59.0 Å². The Morgan fingerprint density at radius 2 is 2.00 bits per heavy atom. The smallest absolute Gasteiger partial charge is 0.227 e. The number of aromatic nitrogens is 1. The molecule has 1 aromatic heterocycles. The van der Waals surface area contributed by atoms with E-state index in [0.717, 1.165) is 33.1 Å². The fraction of sp³-hybridized carbons (Fsp3) is 0.292. The Balaban J connectivity index is 1.35. The van der Waals surface area contributed by atoms with Crippen molar-refractivity contribution in [1.82, 2.24) is 4.98 Å².